The Morgan fingerprint density at radius 3 is 1.34 bits per heavy atom. The Morgan fingerprint density at radius 1 is 0.500 bits per heavy atom. The Kier molecular flexibility index (Phi) is 5.29. The molecule has 0 spiro atoms. The van der Waals surface area contributed by atoms with Gasteiger partial charge in [0, 0.05) is 12.4 Å². The first-order valence-corrected chi connectivity index (χ1v) is 13.4. The van der Waals surface area contributed by atoms with Crippen molar-refractivity contribution in [1.82, 2.24) is 19.9 Å². The zero-order valence-corrected chi connectivity index (χ0v) is 20.7. The fourth-order valence-corrected chi connectivity index (χ4v) is 7.42. The summed E-state index contributed by atoms with van der Waals surface area (Å²) in [6, 6.07) is 15.9. The molecular formula is C22H10Cl2N4S4. The molecule has 0 fully saturated rings. The molecule has 0 N–H and O–H groups in total. The number of thiazole rings is 2. The number of thiophene rings is 2. The van der Waals surface area contributed by atoms with E-state index in [9.17, 15) is 0 Å². The Labute approximate surface area is 208 Å². The van der Waals surface area contributed by atoms with E-state index in [2.05, 4.69) is 34.2 Å². The molecular weight excluding hydrogens is 519 g/mol. The van der Waals surface area contributed by atoms with Crippen LogP contribution in [-0.4, -0.2) is 19.9 Å². The van der Waals surface area contributed by atoms with Gasteiger partial charge in [0.15, 0.2) is 9.66 Å². The number of hydrogen-bond acceptors (Lipinski definition) is 8. The topological polar surface area (TPSA) is 51.6 Å². The van der Waals surface area contributed by atoms with Crippen molar-refractivity contribution in [3.63, 3.8) is 0 Å². The molecule has 6 rings (SSSR count). The summed E-state index contributed by atoms with van der Waals surface area (Å²) in [5.74, 6) is 0. The van der Waals surface area contributed by atoms with E-state index in [0.717, 1.165) is 50.6 Å². The molecule has 4 nitrogen and oxygen atoms in total. The first kappa shape index (κ1) is 20.4. The summed E-state index contributed by atoms with van der Waals surface area (Å²) in [5, 5.41) is 3.23. The number of pyridine rings is 2. The van der Waals surface area contributed by atoms with Crippen LogP contribution in [0.15, 0.2) is 60.9 Å². The van der Waals surface area contributed by atoms with Crippen molar-refractivity contribution in [1.29, 1.82) is 0 Å². The molecule has 10 heteroatoms. The zero-order chi connectivity index (χ0) is 21.7. The smallest absolute Gasteiger partial charge is 0.155 e. The van der Waals surface area contributed by atoms with Crippen molar-refractivity contribution in [3.8, 4) is 40.9 Å². The minimum absolute atomic E-state index is 0.634. The third kappa shape index (κ3) is 3.87. The zero-order valence-electron chi connectivity index (χ0n) is 16.0. The summed E-state index contributed by atoms with van der Waals surface area (Å²) in [7, 11) is 0. The Morgan fingerprint density at radius 2 is 0.938 bits per heavy atom. The van der Waals surface area contributed by atoms with Gasteiger partial charge in [0.1, 0.15) is 10.0 Å². The van der Waals surface area contributed by atoms with Gasteiger partial charge in [0.25, 0.3) is 0 Å². The molecule has 0 aliphatic carbocycles. The van der Waals surface area contributed by atoms with Crippen molar-refractivity contribution in [2.75, 3.05) is 0 Å². The Balaban J connectivity index is 1.27. The number of halogens is 2. The molecule has 6 aromatic rings. The lowest BCUT2D eigenvalue weighted by molar-refractivity contribution is 1.34. The summed E-state index contributed by atoms with van der Waals surface area (Å²) in [6.45, 7) is 0. The molecule has 0 saturated heterocycles. The van der Waals surface area contributed by atoms with Gasteiger partial charge in [0.05, 0.1) is 40.9 Å². The van der Waals surface area contributed by atoms with E-state index in [0.29, 0.717) is 10.0 Å². The van der Waals surface area contributed by atoms with E-state index in [1.807, 2.05) is 24.3 Å². The molecule has 0 aliphatic heterocycles. The summed E-state index contributed by atoms with van der Waals surface area (Å²) < 4.78 is 0. The first-order valence-electron chi connectivity index (χ1n) is 9.34. The van der Waals surface area contributed by atoms with E-state index in [4.69, 9.17) is 33.2 Å². The highest BCUT2D eigenvalue weighted by Crippen LogP contribution is 2.42. The molecule has 32 heavy (non-hydrogen) atoms. The van der Waals surface area contributed by atoms with Crippen molar-refractivity contribution in [2.24, 2.45) is 0 Å². The van der Waals surface area contributed by atoms with Crippen LogP contribution in [0, 0.1) is 0 Å². The van der Waals surface area contributed by atoms with Crippen LogP contribution in [0.25, 0.3) is 50.6 Å². The van der Waals surface area contributed by atoms with Crippen LogP contribution in [0.4, 0.5) is 0 Å². The predicted molar refractivity (Wildman–Crippen MR) is 138 cm³/mol. The third-order valence-electron chi connectivity index (χ3n) is 4.57. The maximum Gasteiger partial charge on any atom is 0.155 e. The monoisotopic (exact) mass is 528 g/mol. The van der Waals surface area contributed by atoms with Crippen LogP contribution in [-0.2, 0) is 0 Å². The molecule has 6 aromatic heterocycles. The number of aromatic nitrogens is 4. The van der Waals surface area contributed by atoms with Crippen LogP contribution in [0.2, 0.25) is 10.0 Å². The first-order chi connectivity index (χ1) is 15.6. The second-order valence-corrected chi connectivity index (χ2v) is 11.7. The minimum Gasteiger partial charge on any atom is -0.254 e. The maximum atomic E-state index is 5.95. The molecule has 0 atom stereocenters. The van der Waals surface area contributed by atoms with Crippen molar-refractivity contribution >= 4 is 78.2 Å². The standard InChI is InChI=1S/C22H10Cl2N4S4/c23-11-1-3-13(25-9-11)15-5-7-17(29-15)19-27-21-22(31-19)28-20(32-21)18-8-6-16(30-18)14-4-2-12(24)10-26-14/h1-10H. The van der Waals surface area contributed by atoms with Gasteiger partial charge < -0.3 is 0 Å². The van der Waals surface area contributed by atoms with Crippen molar-refractivity contribution in [3.05, 3.63) is 71.0 Å². The van der Waals surface area contributed by atoms with Crippen LogP contribution in [0.1, 0.15) is 0 Å². The normalized spacial score (nSPS) is 11.4. The third-order valence-corrected chi connectivity index (χ3v) is 9.60. The summed E-state index contributed by atoms with van der Waals surface area (Å²) in [4.78, 5) is 24.8. The average molecular weight is 530 g/mol. The second-order valence-electron chi connectivity index (χ2n) is 6.70. The quantitative estimate of drug-likeness (QED) is 0.229. The Bertz CT molecular complexity index is 1400. The Hall–Kier alpha value is -2.20. The number of hydrogen-bond donors (Lipinski definition) is 0. The fraction of sp³-hybridized carbons (Fsp3) is 0. The predicted octanol–water partition coefficient (Wildman–Crippen LogP) is 8.64. The van der Waals surface area contributed by atoms with E-state index in [-0.39, 0.29) is 0 Å². The van der Waals surface area contributed by atoms with Gasteiger partial charge in [-0.05, 0) is 48.5 Å². The lowest BCUT2D eigenvalue weighted by Gasteiger charge is -1.95. The summed E-state index contributed by atoms with van der Waals surface area (Å²) >= 11 is 18.5. The molecule has 156 valence electrons. The summed E-state index contributed by atoms with van der Waals surface area (Å²) in [5.41, 5.74) is 1.82. The molecule has 6 heterocycles. The molecule has 0 aromatic carbocycles. The van der Waals surface area contributed by atoms with E-state index >= 15 is 0 Å². The number of fused-ring (bicyclic) bond motifs is 1. The highest BCUT2D eigenvalue weighted by molar-refractivity contribution is 7.32. The van der Waals surface area contributed by atoms with Gasteiger partial charge in [0.2, 0.25) is 0 Å². The molecule has 0 saturated carbocycles. The van der Waals surface area contributed by atoms with Gasteiger partial charge in [-0.15, -0.1) is 22.7 Å². The second kappa shape index (κ2) is 8.30. The molecule has 0 aliphatic rings. The number of rotatable bonds is 4. The molecule has 0 radical (unpaired) electrons. The van der Waals surface area contributed by atoms with Gasteiger partial charge >= 0.3 is 0 Å². The van der Waals surface area contributed by atoms with E-state index in [1.54, 1.807) is 57.7 Å². The number of nitrogens with zero attached hydrogens (tertiary/aromatic N) is 4. The lowest BCUT2D eigenvalue weighted by atomic mass is 10.3. The minimum atomic E-state index is 0.634. The molecule has 0 bridgehead atoms. The molecule has 0 unspecified atom stereocenters. The van der Waals surface area contributed by atoms with E-state index in [1.165, 1.54) is 0 Å². The van der Waals surface area contributed by atoms with Gasteiger partial charge in [-0.2, -0.15) is 0 Å². The van der Waals surface area contributed by atoms with Gasteiger partial charge in [-0.1, -0.05) is 45.9 Å². The maximum absolute atomic E-state index is 5.95. The van der Waals surface area contributed by atoms with Gasteiger partial charge in [-0.3, -0.25) is 9.97 Å². The highest BCUT2D eigenvalue weighted by atomic mass is 35.5. The average Bonchev–Trinajstić information content (AvgIpc) is 3.56. The van der Waals surface area contributed by atoms with Crippen LogP contribution in [0.3, 0.4) is 0 Å². The fourth-order valence-electron chi connectivity index (χ4n) is 3.08. The lowest BCUT2D eigenvalue weighted by Crippen LogP contribution is -1.77. The largest absolute Gasteiger partial charge is 0.254 e. The SMILES string of the molecule is Clc1ccc(-c2ccc(-c3nc4sc(-c5ccc(-c6ccc(Cl)cn6)s5)nc4s3)s2)nc1. The van der Waals surface area contributed by atoms with Gasteiger partial charge in [-0.25, -0.2) is 9.97 Å². The van der Waals surface area contributed by atoms with Crippen LogP contribution >= 0.6 is 68.5 Å². The summed E-state index contributed by atoms with van der Waals surface area (Å²) in [6.07, 6.45) is 3.33. The van der Waals surface area contributed by atoms with Crippen molar-refractivity contribution in [2.45, 2.75) is 0 Å². The van der Waals surface area contributed by atoms with E-state index < -0.39 is 0 Å². The van der Waals surface area contributed by atoms with Crippen LogP contribution < -0.4 is 0 Å². The van der Waals surface area contributed by atoms with Crippen LogP contribution in [0.5, 0.6) is 0 Å². The van der Waals surface area contributed by atoms with Crippen molar-refractivity contribution < 1.29 is 0 Å². The molecule has 0 amide bonds. The highest BCUT2D eigenvalue weighted by Gasteiger charge is 2.16.